The number of fused-ring (bicyclic) bond motifs is 1. The van der Waals surface area contributed by atoms with Crippen molar-refractivity contribution in [2.45, 2.75) is 26.3 Å². The average Bonchev–Trinajstić information content (AvgIpc) is 2.93. The van der Waals surface area contributed by atoms with Crippen molar-refractivity contribution in [3.8, 4) is 0 Å². The van der Waals surface area contributed by atoms with Gasteiger partial charge in [-0.05, 0) is 38.0 Å². The molecule has 0 bridgehead atoms. The summed E-state index contributed by atoms with van der Waals surface area (Å²) in [4.78, 5) is 29.0. The van der Waals surface area contributed by atoms with Crippen molar-refractivity contribution in [2.24, 2.45) is 0 Å². The molecular weight excluding hydrogens is 334 g/mol. The molecule has 1 fully saturated rings. The molecule has 1 aliphatic rings. The first-order chi connectivity index (χ1) is 12.1. The molecule has 1 aliphatic heterocycles. The zero-order chi connectivity index (χ0) is 17.4. The number of aryl methyl sites for hydroxylation is 1. The van der Waals surface area contributed by atoms with Crippen LogP contribution in [-0.4, -0.2) is 38.8 Å². The van der Waals surface area contributed by atoms with Crippen LogP contribution in [0.2, 0.25) is 0 Å². The summed E-state index contributed by atoms with van der Waals surface area (Å²) in [5.41, 5.74) is 2.37. The molecule has 1 atom stereocenters. The lowest BCUT2D eigenvalue weighted by Crippen LogP contribution is -2.42. The molecule has 0 unspecified atom stereocenters. The molecule has 0 saturated carbocycles. The first kappa shape index (κ1) is 16.0. The summed E-state index contributed by atoms with van der Waals surface area (Å²) in [6.07, 6.45) is 4.63. The summed E-state index contributed by atoms with van der Waals surface area (Å²) in [6.45, 7) is 5.67. The van der Waals surface area contributed by atoms with Gasteiger partial charge in [0.1, 0.15) is 0 Å². The zero-order valence-electron chi connectivity index (χ0n) is 14.2. The normalized spacial score (nSPS) is 15.0. The van der Waals surface area contributed by atoms with Crippen molar-refractivity contribution in [2.75, 3.05) is 18.4 Å². The fraction of sp³-hybridized carbons (Fsp3) is 0.333. The average molecular weight is 353 g/mol. The van der Waals surface area contributed by atoms with Crippen LogP contribution in [0.3, 0.4) is 0 Å². The van der Waals surface area contributed by atoms with Crippen molar-refractivity contribution in [3.05, 3.63) is 46.7 Å². The SMILES string of the molecule is Cc1cc2nc(N[C@@H](C)c3cccnc3)nc(C(=O)N3CCC3)c2s1. The zero-order valence-corrected chi connectivity index (χ0v) is 15.0. The predicted molar refractivity (Wildman–Crippen MR) is 98.9 cm³/mol. The highest BCUT2D eigenvalue weighted by atomic mass is 32.1. The van der Waals surface area contributed by atoms with Gasteiger partial charge in [-0.15, -0.1) is 11.3 Å². The van der Waals surface area contributed by atoms with Crippen molar-refractivity contribution in [1.82, 2.24) is 19.9 Å². The van der Waals surface area contributed by atoms with Crippen molar-refractivity contribution in [3.63, 3.8) is 0 Å². The fourth-order valence-corrected chi connectivity index (χ4v) is 3.77. The Bertz CT molecular complexity index is 920. The van der Waals surface area contributed by atoms with Crippen LogP contribution in [0, 0.1) is 6.92 Å². The van der Waals surface area contributed by atoms with E-state index >= 15 is 0 Å². The second-order valence-corrected chi connectivity index (χ2v) is 7.52. The summed E-state index contributed by atoms with van der Waals surface area (Å²) in [6, 6.07) is 5.91. The number of pyridine rings is 1. The maximum absolute atomic E-state index is 12.8. The van der Waals surface area contributed by atoms with Crippen LogP contribution < -0.4 is 5.32 Å². The highest BCUT2D eigenvalue weighted by Crippen LogP contribution is 2.29. The minimum absolute atomic E-state index is 0.00200. The molecule has 1 N–H and O–H groups in total. The van der Waals surface area contributed by atoms with Gasteiger partial charge in [-0.3, -0.25) is 9.78 Å². The second kappa shape index (κ2) is 6.40. The number of hydrogen-bond donors (Lipinski definition) is 1. The topological polar surface area (TPSA) is 71.0 Å². The quantitative estimate of drug-likeness (QED) is 0.778. The first-order valence-corrected chi connectivity index (χ1v) is 9.17. The maximum Gasteiger partial charge on any atom is 0.274 e. The Morgan fingerprint density at radius 1 is 1.36 bits per heavy atom. The van der Waals surface area contributed by atoms with E-state index in [9.17, 15) is 4.79 Å². The predicted octanol–water partition coefficient (Wildman–Crippen LogP) is 3.41. The molecular formula is C18H19N5OS. The van der Waals surface area contributed by atoms with E-state index in [2.05, 4.69) is 20.3 Å². The van der Waals surface area contributed by atoms with E-state index in [1.165, 1.54) is 0 Å². The Kier molecular flexibility index (Phi) is 4.09. The molecule has 0 aliphatic carbocycles. The largest absolute Gasteiger partial charge is 0.348 e. The molecule has 1 amide bonds. The summed E-state index contributed by atoms with van der Waals surface area (Å²) in [5, 5.41) is 3.30. The minimum Gasteiger partial charge on any atom is -0.348 e. The van der Waals surface area contributed by atoms with Crippen LogP contribution in [0.15, 0.2) is 30.6 Å². The third-order valence-corrected chi connectivity index (χ3v) is 5.42. The number of aromatic nitrogens is 3. The van der Waals surface area contributed by atoms with Gasteiger partial charge in [0.2, 0.25) is 5.95 Å². The number of nitrogens with zero attached hydrogens (tertiary/aromatic N) is 4. The van der Waals surface area contributed by atoms with E-state index in [4.69, 9.17) is 0 Å². The van der Waals surface area contributed by atoms with Crippen LogP contribution in [-0.2, 0) is 0 Å². The van der Waals surface area contributed by atoms with Gasteiger partial charge in [0, 0.05) is 30.4 Å². The number of rotatable bonds is 4. The van der Waals surface area contributed by atoms with Gasteiger partial charge >= 0.3 is 0 Å². The summed E-state index contributed by atoms with van der Waals surface area (Å²) in [7, 11) is 0. The van der Waals surface area contributed by atoms with Crippen LogP contribution >= 0.6 is 11.3 Å². The van der Waals surface area contributed by atoms with Crippen LogP contribution in [0.4, 0.5) is 5.95 Å². The molecule has 4 heterocycles. The van der Waals surface area contributed by atoms with Crippen LogP contribution in [0.5, 0.6) is 0 Å². The molecule has 7 heteroatoms. The van der Waals surface area contributed by atoms with Gasteiger partial charge in [-0.2, -0.15) is 0 Å². The fourth-order valence-electron chi connectivity index (χ4n) is 2.84. The summed E-state index contributed by atoms with van der Waals surface area (Å²) < 4.78 is 0.869. The smallest absolute Gasteiger partial charge is 0.274 e. The highest BCUT2D eigenvalue weighted by Gasteiger charge is 2.26. The van der Waals surface area contributed by atoms with Gasteiger partial charge in [-0.1, -0.05) is 6.07 Å². The standard InChI is InChI=1S/C18H19N5OS/c1-11-9-14-16(25-11)15(17(24)23-7-4-8-23)22-18(21-14)20-12(2)13-5-3-6-19-10-13/h3,5-6,9-10,12H,4,7-8H2,1-2H3,(H,20,21,22)/t12-/m0/s1. The van der Waals surface area contributed by atoms with Crippen molar-refractivity contribution < 1.29 is 4.79 Å². The Labute approximate surface area is 149 Å². The van der Waals surface area contributed by atoms with Crippen LogP contribution in [0.25, 0.3) is 10.2 Å². The van der Waals surface area contributed by atoms with E-state index in [0.29, 0.717) is 11.6 Å². The third kappa shape index (κ3) is 3.07. The summed E-state index contributed by atoms with van der Waals surface area (Å²) >= 11 is 1.57. The Hall–Kier alpha value is -2.54. The molecule has 3 aromatic rings. The number of thiophene rings is 1. The summed E-state index contributed by atoms with van der Waals surface area (Å²) in [5.74, 6) is 0.475. The number of amides is 1. The Morgan fingerprint density at radius 3 is 2.88 bits per heavy atom. The Balaban J connectivity index is 1.70. The number of nitrogens with one attached hydrogen (secondary N) is 1. The lowest BCUT2D eigenvalue weighted by Gasteiger charge is -2.30. The molecule has 4 rings (SSSR count). The lowest BCUT2D eigenvalue weighted by atomic mass is 10.1. The number of anilines is 1. The first-order valence-electron chi connectivity index (χ1n) is 8.36. The second-order valence-electron chi connectivity index (χ2n) is 6.27. The number of carbonyl (C=O) groups is 1. The van der Waals surface area contributed by atoms with Crippen LogP contribution in [0.1, 0.15) is 40.3 Å². The van der Waals surface area contributed by atoms with E-state index in [1.54, 1.807) is 17.5 Å². The molecule has 0 radical (unpaired) electrons. The van der Waals surface area contributed by atoms with E-state index < -0.39 is 0 Å². The molecule has 0 aromatic carbocycles. The van der Waals surface area contributed by atoms with Gasteiger partial charge in [0.25, 0.3) is 5.91 Å². The maximum atomic E-state index is 12.8. The molecule has 25 heavy (non-hydrogen) atoms. The van der Waals surface area contributed by atoms with Crippen molar-refractivity contribution in [1.29, 1.82) is 0 Å². The number of likely N-dealkylation sites (tertiary alicyclic amines) is 1. The Morgan fingerprint density at radius 2 is 2.20 bits per heavy atom. The van der Waals surface area contributed by atoms with E-state index in [0.717, 1.165) is 40.2 Å². The minimum atomic E-state index is -0.00224. The van der Waals surface area contributed by atoms with Crippen molar-refractivity contribution >= 4 is 33.4 Å². The third-order valence-electron chi connectivity index (χ3n) is 4.37. The van der Waals surface area contributed by atoms with Gasteiger partial charge < -0.3 is 10.2 Å². The van der Waals surface area contributed by atoms with E-state index in [-0.39, 0.29) is 11.9 Å². The van der Waals surface area contributed by atoms with Gasteiger partial charge in [0.15, 0.2) is 5.69 Å². The van der Waals surface area contributed by atoms with Gasteiger partial charge in [-0.25, -0.2) is 9.97 Å². The lowest BCUT2D eigenvalue weighted by molar-refractivity contribution is 0.0648. The number of hydrogen-bond acceptors (Lipinski definition) is 6. The monoisotopic (exact) mass is 353 g/mol. The molecule has 1 saturated heterocycles. The molecule has 6 nitrogen and oxygen atoms in total. The molecule has 128 valence electrons. The van der Waals surface area contributed by atoms with E-state index in [1.807, 2.05) is 43.1 Å². The molecule has 3 aromatic heterocycles. The van der Waals surface area contributed by atoms with Gasteiger partial charge in [0.05, 0.1) is 16.3 Å². The number of carbonyl (C=O) groups excluding carboxylic acids is 1. The highest BCUT2D eigenvalue weighted by molar-refractivity contribution is 7.19. The molecule has 0 spiro atoms.